The molecular formula is C16H29ClO2. The van der Waals surface area contributed by atoms with Crippen LogP contribution in [0.5, 0.6) is 0 Å². The molecule has 0 aromatic heterocycles. The van der Waals surface area contributed by atoms with Crippen LogP contribution in [0.1, 0.15) is 77.0 Å². The average Bonchev–Trinajstić information content (AvgIpc) is 2.46. The maximum absolute atomic E-state index is 10.3. The number of alkyl halides is 1. The van der Waals surface area contributed by atoms with E-state index in [1.807, 2.05) is 0 Å². The van der Waals surface area contributed by atoms with Gasteiger partial charge in [-0.2, -0.15) is 0 Å². The van der Waals surface area contributed by atoms with Crippen molar-refractivity contribution in [3.63, 3.8) is 0 Å². The second kappa shape index (κ2) is 11.7. The van der Waals surface area contributed by atoms with Crippen LogP contribution in [0.15, 0.2) is 0 Å². The number of aldehydes is 1. The summed E-state index contributed by atoms with van der Waals surface area (Å²) >= 11 is 5.74. The normalized spacial score (nSPS) is 18.4. The minimum absolute atomic E-state index is 0.274. The van der Waals surface area contributed by atoms with Crippen molar-refractivity contribution < 1.29 is 9.53 Å². The molecule has 19 heavy (non-hydrogen) atoms. The van der Waals surface area contributed by atoms with Crippen LogP contribution in [-0.4, -0.2) is 24.4 Å². The van der Waals surface area contributed by atoms with Gasteiger partial charge in [0.25, 0.3) is 0 Å². The predicted octanol–water partition coefficient (Wildman–Crippen LogP) is 4.87. The molecule has 1 unspecified atom stereocenters. The van der Waals surface area contributed by atoms with Crippen molar-refractivity contribution in [2.45, 2.75) is 88.5 Å². The summed E-state index contributed by atoms with van der Waals surface area (Å²) in [5.74, 6) is 0. The fraction of sp³-hybridized carbons (Fsp3) is 0.938. The van der Waals surface area contributed by atoms with E-state index in [-0.39, 0.29) is 5.38 Å². The van der Waals surface area contributed by atoms with Crippen LogP contribution in [0, 0.1) is 0 Å². The van der Waals surface area contributed by atoms with E-state index in [9.17, 15) is 4.79 Å². The van der Waals surface area contributed by atoms with Gasteiger partial charge in [-0.1, -0.05) is 51.4 Å². The topological polar surface area (TPSA) is 26.3 Å². The maximum atomic E-state index is 10.3. The molecule has 1 aliphatic carbocycles. The van der Waals surface area contributed by atoms with Gasteiger partial charge in [-0.3, -0.25) is 0 Å². The Labute approximate surface area is 123 Å². The van der Waals surface area contributed by atoms with Gasteiger partial charge in [-0.05, 0) is 25.7 Å². The van der Waals surface area contributed by atoms with Crippen LogP contribution < -0.4 is 0 Å². The monoisotopic (exact) mass is 288 g/mol. The number of halogens is 1. The molecule has 1 rings (SSSR count). The van der Waals surface area contributed by atoms with Gasteiger partial charge in [0.2, 0.25) is 0 Å². The number of carbonyl (C=O) groups is 1. The Kier molecular flexibility index (Phi) is 10.5. The number of hydrogen-bond acceptors (Lipinski definition) is 2. The summed E-state index contributed by atoms with van der Waals surface area (Å²) in [7, 11) is 0. The Hall–Kier alpha value is -0.0800. The predicted molar refractivity (Wildman–Crippen MR) is 80.8 cm³/mol. The zero-order valence-corrected chi connectivity index (χ0v) is 12.9. The Bertz CT molecular complexity index is 215. The van der Waals surface area contributed by atoms with E-state index in [1.54, 1.807) is 0 Å². The van der Waals surface area contributed by atoms with Crippen molar-refractivity contribution in [1.29, 1.82) is 0 Å². The Morgan fingerprint density at radius 2 is 1.63 bits per heavy atom. The standard InChI is InChI=1S/C16H29ClO2/c17-15(14-18)10-6-3-1-2-4-9-13-19-16-11-7-5-8-12-16/h14-16H,1-13H2. The fourth-order valence-corrected chi connectivity index (χ4v) is 2.85. The molecule has 0 aliphatic heterocycles. The second-order valence-corrected chi connectivity index (χ2v) is 6.25. The number of unbranched alkanes of at least 4 members (excludes halogenated alkanes) is 5. The molecule has 3 heteroatoms. The van der Waals surface area contributed by atoms with Crippen molar-refractivity contribution in [2.24, 2.45) is 0 Å². The fourth-order valence-electron chi connectivity index (χ4n) is 2.70. The highest BCUT2D eigenvalue weighted by atomic mass is 35.5. The SMILES string of the molecule is O=CC(Cl)CCCCCCCCOC1CCCCC1. The first-order valence-corrected chi connectivity index (χ1v) is 8.47. The quantitative estimate of drug-likeness (QED) is 0.308. The second-order valence-electron chi connectivity index (χ2n) is 5.69. The largest absolute Gasteiger partial charge is 0.378 e. The highest BCUT2D eigenvalue weighted by molar-refractivity contribution is 6.27. The van der Waals surface area contributed by atoms with E-state index in [1.165, 1.54) is 64.2 Å². The average molecular weight is 289 g/mol. The van der Waals surface area contributed by atoms with E-state index < -0.39 is 0 Å². The van der Waals surface area contributed by atoms with Crippen molar-refractivity contribution in [1.82, 2.24) is 0 Å². The molecule has 0 spiro atoms. The number of hydrogen-bond donors (Lipinski definition) is 0. The van der Waals surface area contributed by atoms with Gasteiger partial charge in [0.05, 0.1) is 11.5 Å². The number of rotatable bonds is 11. The van der Waals surface area contributed by atoms with Gasteiger partial charge < -0.3 is 9.53 Å². The van der Waals surface area contributed by atoms with E-state index in [2.05, 4.69) is 0 Å². The van der Waals surface area contributed by atoms with E-state index in [0.717, 1.165) is 25.7 Å². The smallest absolute Gasteiger partial charge is 0.137 e. The first kappa shape index (κ1) is 17.0. The molecule has 0 aromatic rings. The molecule has 1 fully saturated rings. The summed E-state index contributed by atoms with van der Waals surface area (Å²) in [5, 5.41) is -0.274. The van der Waals surface area contributed by atoms with E-state index in [4.69, 9.17) is 16.3 Å². The summed E-state index contributed by atoms with van der Waals surface area (Å²) in [6.07, 6.45) is 16.1. The van der Waals surface area contributed by atoms with E-state index in [0.29, 0.717) is 6.10 Å². The van der Waals surface area contributed by atoms with Crippen LogP contribution >= 0.6 is 11.6 Å². The molecule has 112 valence electrons. The van der Waals surface area contributed by atoms with Crippen molar-refractivity contribution in [2.75, 3.05) is 6.61 Å². The molecule has 1 atom stereocenters. The molecule has 0 saturated heterocycles. The van der Waals surface area contributed by atoms with Crippen LogP contribution in [0.25, 0.3) is 0 Å². The molecule has 0 N–H and O–H groups in total. The molecule has 2 nitrogen and oxygen atoms in total. The minimum Gasteiger partial charge on any atom is -0.378 e. The third-order valence-corrected chi connectivity index (χ3v) is 4.25. The Balaban J connectivity index is 1.77. The van der Waals surface area contributed by atoms with Gasteiger partial charge in [0.15, 0.2) is 0 Å². The Morgan fingerprint density at radius 3 is 2.32 bits per heavy atom. The summed E-state index contributed by atoms with van der Waals surface area (Å²) < 4.78 is 5.90. The van der Waals surface area contributed by atoms with Crippen molar-refractivity contribution in [3.05, 3.63) is 0 Å². The summed E-state index contributed by atoms with van der Waals surface area (Å²) in [5.41, 5.74) is 0. The zero-order chi connectivity index (χ0) is 13.8. The molecule has 1 saturated carbocycles. The summed E-state index contributed by atoms with van der Waals surface area (Å²) in [6.45, 7) is 0.944. The third-order valence-electron chi connectivity index (χ3n) is 3.93. The van der Waals surface area contributed by atoms with Crippen LogP contribution in [0.3, 0.4) is 0 Å². The van der Waals surface area contributed by atoms with E-state index >= 15 is 0 Å². The molecule has 0 heterocycles. The highest BCUT2D eigenvalue weighted by Gasteiger charge is 2.12. The number of carbonyl (C=O) groups excluding carboxylic acids is 1. The summed E-state index contributed by atoms with van der Waals surface area (Å²) in [4.78, 5) is 10.3. The lowest BCUT2D eigenvalue weighted by atomic mass is 9.98. The van der Waals surface area contributed by atoms with Gasteiger partial charge in [0, 0.05) is 6.61 Å². The highest BCUT2D eigenvalue weighted by Crippen LogP contribution is 2.20. The first-order valence-electron chi connectivity index (χ1n) is 8.04. The third kappa shape index (κ3) is 9.45. The Morgan fingerprint density at radius 1 is 1.00 bits per heavy atom. The lowest BCUT2D eigenvalue weighted by Crippen LogP contribution is -2.17. The van der Waals surface area contributed by atoms with Gasteiger partial charge >= 0.3 is 0 Å². The lowest BCUT2D eigenvalue weighted by molar-refractivity contribution is -0.107. The lowest BCUT2D eigenvalue weighted by Gasteiger charge is -2.21. The van der Waals surface area contributed by atoms with Gasteiger partial charge in [0.1, 0.15) is 6.29 Å². The summed E-state index contributed by atoms with van der Waals surface area (Å²) in [6, 6.07) is 0. The van der Waals surface area contributed by atoms with Crippen LogP contribution in [0.2, 0.25) is 0 Å². The van der Waals surface area contributed by atoms with Gasteiger partial charge in [-0.25, -0.2) is 0 Å². The molecule has 0 bridgehead atoms. The minimum atomic E-state index is -0.274. The van der Waals surface area contributed by atoms with Crippen molar-refractivity contribution >= 4 is 17.9 Å². The molecular weight excluding hydrogens is 260 g/mol. The molecule has 0 amide bonds. The van der Waals surface area contributed by atoms with Crippen LogP contribution in [0.4, 0.5) is 0 Å². The zero-order valence-electron chi connectivity index (χ0n) is 12.1. The maximum Gasteiger partial charge on any atom is 0.137 e. The van der Waals surface area contributed by atoms with Crippen LogP contribution in [-0.2, 0) is 9.53 Å². The molecule has 0 radical (unpaired) electrons. The van der Waals surface area contributed by atoms with Gasteiger partial charge in [-0.15, -0.1) is 11.6 Å². The molecule has 1 aliphatic rings. The first-order chi connectivity index (χ1) is 9.33. The number of ether oxygens (including phenoxy) is 1. The van der Waals surface area contributed by atoms with Crippen molar-refractivity contribution in [3.8, 4) is 0 Å². The molecule has 0 aromatic carbocycles.